The number of hydrogen-bond acceptors (Lipinski definition) is 3. The van der Waals surface area contributed by atoms with Crippen LogP contribution in [-0.2, 0) is 0 Å². The van der Waals surface area contributed by atoms with Crippen LogP contribution in [0.5, 0.6) is 5.75 Å². The Morgan fingerprint density at radius 1 is 1.20 bits per heavy atom. The Morgan fingerprint density at radius 3 is 2.70 bits per heavy atom. The highest BCUT2D eigenvalue weighted by Gasteiger charge is 2.11. The monoisotopic (exact) mass is 331 g/mol. The van der Waals surface area contributed by atoms with E-state index >= 15 is 0 Å². The number of imidazole rings is 1. The number of aromatic nitrogens is 2. The van der Waals surface area contributed by atoms with Crippen molar-refractivity contribution in [3.63, 3.8) is 0 Å². The first kappa shape index (κ1) is 13.0. The van der Waals surface area contributed by atoms with Gasteiger partial charge in [0.15, 0.2) is 0 Å². The van der Waals surface area contributed by atoms with Gasteiger partial charge >= 0.3 is 0 Å². The van der Waals surface area contributed by atoms with Crippen molar-refractivity contribution in [1.29, 1.82) is 0 Å². The summed E-state index contributed by atoms with van der Waals surface area (Å²) in [6.07, 6.45) is 0. The molecule has 0 aliphatic rings. The average molecular weight is 332 g/mol. The molecule has 2 aromatic carbocycles. The van der Waals surface area contributed by atoms with Crippen LogP contribution in [0.3, 0.4) is 0 Å². The van der Waals surface area contributed by atoms with Crippen LogP contribution in [0.25, 0.3) is 16.7 Å². The van der Waals surface area contributed by atoms with E-state index in [0.29, 0.717) is 5.95 Å². The van der Waals surface area contributed by atoms with Crippen LogP contribution >= 0.6 is 15.9 Å². The maximum absolute atomic E-state index is 6.06. The van der Waals surface area contributed by atoms with E-state index in [1.165, 1.54) is 0 Å². The summed E-state index contributed by atoms with van der Waals surface area (Å²) in [7, 11) is 1.67. The summed E-state index contributed by atoms with van der Waals surface area (Å²) in [4.78, 5) is 4.39. The van der Waals surface area contributed by atoms with Gasteiger partial charge < -0.3 is 10.5 Å². The molecule has 0 radical (unpaired) electrons. The topological polar surface area (TPSA) is 53.1 Å². The molecule has 0 fully saturated rings. The van der Waals surface area contributed by atoms with Crippen LogP contribution < -0.4 is 10.5 Å². The van der Waals surface area contributed by atoms with Crippen LogP contribution in [0, 0.1) is 6.92 Å². The number of methoxy groups -OCH3 is 1. The van der Waals surface area contributed by atoms with Gasteiger partial charge in [0.25, 0.3) is 0 Å². The van der Waals surface area contributed by atoms with E-state index in [2.05, 4.69) is 20.9 Å². The Kier molecular flexibility index (Phi) is 3.14. The zero-order valence-corrected chi connectivity index (χ0v) is 12.8. The number of fused-ring (bicyclic) bond motifs is 1. The lowest BCUT2D eigenvalue weighted by atomic mass is 10.2. The number of hydrogen-bond donors (Lipinski definition) is 1. The smallest absolute Gasteiger partial charge is 0.205 e. The fraction of sp³-hybridized carbons (Fsp3) is 0.133. The van der Waals surface area contributed by atoms with Crippen LogP contribution in [0.4, 0.5) is 5.95 Å². The molecule has 20 heavy (non-hydrogen) atoms. The minimum absolute atomic E-state index is 0.475. The van der Waals surface area contributed by atoms with Gasteiger partial charge in [-0.2, -0.15) is 0 Å². The molecule has 0 saturated heterocycles. The molecule has 0 spiro atoms. The van der Waals surface area contributed by atoms with Crippen LogP contribution in [0.1, 0.15) is 5.56 Å². The van der Waals surface area contributed by atoms with Crippen molar-refractivity contribution in [3.05, 3.63) is 46.4 Å². The highest BCUT2D eigenvalue weighted by Crippen LogP contribution is 2.28. The first-order chi connectivity index (χ1) is 9.60. The van der Waals surface area contributed by atoms with Crippen molar-refractivity contribution < 1.29 is 4.74 Å². The summed E-state index contributed by atoms with van der Waals surface area (Å²) >= 11 is 3.48. The summed E-state index contributed by atoms with van der Waals surface area (Å²) in [6.45, 7) is 2.01. The van der Waals surface area contributed by atoms with Crippen molar-refractivity contribution >= 4 is 32.9 Å². The van der Waals surface area contributed by atoms with Gasteiger partial charge in [0.05, 0.1) is 18.1 Å². The summed E-state index contributed by atoms with van der Waals surface area (Å²) in [5.74, 6) is 1.33. The van der Waals surface area contributed by atoms with Crippen LogP contribution in [0.2, 0.25) is 0 Å². The standard InChI is InChI=1S/C15H14BrN3O/c1-9-7-11(4-6-14(9)20-2)19-13-8-10(16)3-5-12(13)18-15(19)17/h3-8H,1-2H3,(H2,17,18). The van der Waals surface area contributed by atoms with Gasteiger partial charge in [0.2, 0.25) is 5.95 Å². The van der Waals surface area contributed by atoms with E-state index in [0.717, 1.165) is 32.5 Å². The molecule has 0 aliphatic heterocycles. The second-order valence-corrected chi connectivity index (χ2v) is 5.51. The number of rotatable bonds is 2. The molecule has 3 aromatic rings. The number of halogens is 1. The zero-order valence-electron chi connectivity index (χ0n) is 11.2. The first-order valence-electron chi connectivity index (χ1n) is 6.18. The predicted molar refractivity (Wildman–Crippen MR) is 84.5 cm³/mol. The molecule has 3 rings (SSSR count). The van der Waals surface area contributed by atoms with Gasteiger partial charge in [-0.25, -0.2) is 4.98 Å². The number of aryl methyl sites for hydroxylation is 1. The fourth-order valence-corrected chi connectivity index (χ4v) is 2.69. The Hall–Kier alpha value is -2.01. The SMILES string of the molecule is COc1ccc(-n2c(N)nc3ccc(Br)cc32)cc1C. The van der Waals surface area contributed by atoms with Crippen molar-refractivity contribution in [3.8, 4) is 11.4 Å². The third-order valence-electron chi connectivity index (χ3n) is 3.28. The quantitative estimate of drug-likeness (QED) is 0.779. The number of nitrogen functional groups attached to an aromatic ring is 1. The van der Waals surface area contributed by atoms with E-state index in [4.69, 9.17) is 10.5 Å². The van der Waals surface area contributed by atoms with E-state index in [-0.39, 0.29) is 0 Å². The van der Waals surface area contributed by atoms with Crippen LogP contribution in [0.15, 0.2) is 40.9 Å². The molecule has 0 saturated carbocycles. The predicted octanol–water partition coefficient (Wildman–Crippen LogP) is 3.69. The molecule has 0 amide bonds. The highest BCUT2D eigenvalue weighted by molar-refractivity contribution is 9.10. The molecular weight excluding hydrogens is 318 g/mol. The largest absolute Gasteiger partial charge is 0.496 e. The van der Waals surface area contributed by atoms with Gasteiger partial charge in [-0.1, -0.05) is 15.9 Å². The Labute approximate surface area is 125 Å². The molecule has 0 unspecified atom stereocenters. The molecule has 4 nitrogen and oxygen atoms in total. The lowest BCUT2D eigenvalue weighted by Gasteiger charge is -2.10. The van der Waals surface area contributed by atoms with Gasteiger partial charge in [0, 0.05) is 10.2 Å². The summed E-state index contributed by atoms with van der Waals surface area (Å²) in [6, 6.07) is 11.9. The van der Waals surface area contributed by atoms with Gasteiger partial charge in [-0.3, -0.25) is 4.57 Å². The lowest BCUT2D eigenvalue weighted by Crippen LogP contribution is -2.01. The van der Waals surface area contributed by atoms with Crippen molar-refractivity contribution in [2.75, 3.05) is 12.8 Å². The molecule has 1 heterocycles. The third-order valence-corrected chi connectivity index (χ3v) is 3.77. The van der Waals surface area contributed by atoms with Gasteiger partial charge in [-0.15, -0.1) is 0 Å². The van der Waals surface area contributed by atoms with Gasteiger partial charge in [0.1, 0.15) is 5.75 Å². The highest BCUT2D eigenvalue weighted by atomic mass is 79.9. The number of nitrogens with zero attached hydrogens (tertiary/aromatic N) is 2. The summed E-state index contributed by atoms with van der Waals surface area (Å²) in [5, 5.41) is 0. The number of nitrogens with two attached hydrogens (primary N) is 1. The maximum Gasteiger partial charge on any atom is 0.205 e. The molecule has 1 aromatic heterocycles. The summed E-state index contributed by atoms with van der Waals surface area (Å²) in [5.41, 5.74) is 9.94. The normalized spacial score (nSPS) is 10.9. The minimum Gasteiger partial charge on any atom is -0.496 e. The summed E-state index contributed by atoms with van der Waals surface area (Å²) < 4.78 is 8.22. The maximum atomic E-state index is 6.06. The minimum atomic E-state index is 0.475. The van der Waals surface area contributed by atoms with E-state index in [1.54, 1.807) is 7.11 Å². The van der Waals surface area contributed by atoms with Crippen LogP contribution in [-0.4, -0.2) is 16.7 Å². The first-order valence-corrected chi connectivity index (χ1v) is 6.98. The average Bonchev–Trinajstić information content (AvgIpc) is 2.74. The third kappa shape index (κ3) is 2.04. The van der Waals surface area contributed by atoms with Crippen molar-refractivity contribution in [2.45, 2.75) is 6.92 Å². The molecule has 2 N–H and O–H groups in total. The number of ether oxygens (including phenoxy) is 1. The van der Waals surface area contributed by atoms with Crippen molar-refractivity contribution in [2.24, 2.45) is 0 Å². The molecular formula is C15H14BrN3O. The molecule has 0 bridgehead atoms. The van der Waals surface area contributed by atoms with E-state index < -0.39 is 0 Å². The number of benzene rings is 2. The number of anilines is 1. The van der Waals surface area contributed by atoms with Gasteiger partial charge in [-0.05, 0) is 48.9 Å². The Bertz CT molecular complexity index is 795. The molecule has 5 heteroatoms. The fourth-order valence-electron chi connectivity index (χ4n) is 2.34. The Morgan fingerprint density at radius 2 is 2.00 bits per heavy atom. The second kappa shape index (κ2) is 4.83. The second-order valence-electron chi connectivity index (χ2n) is 4.59. The molecule has 102 valence electrons. The zero-order chi connectivity index (χ0) is 14.3. The lowest BCUT2D eigenvalue weighted by molar-refractivity contribution is 0.411. The Balaban J connectivity index is 2.26. The van der Waals surface area contributed by atoms with Crippen molar-refractivity contribution in [1.82, 2.24) is 9.55 Å². The molecule has 0 aliphatic carbocycles. The molecule has 0 atom stereocenters. The van der Waals surface area contributed by atoms with E-state index in [9.17, 15) is 0 Å². The van der Waals surface area contributed by atoms with E-state index in [1.807, 2.05) is 47.9 Å².